The summed E-state index contributed by atoms with van der Waals surface area (Å²) < 4.78 is 4.61. The summed E-state index contributed by atoms with van der Waals surface area (Å²) in [7, 11) is 1.20. The zero-order chi connectivity index (χ0) is 16.8. The molecular weight excluding hydrogens is 296 g/mol. The van der Waals surface area contributed by atoms with Gasteiger partial charge in [0.05, 0.1) is 12.0 Å². The second-order valence-electron chi connectivity index (χ2n) is 4.96. The summed E-state index contributed by atoms with van der Waals surface area (Å²) in [4.78, 5) is 22.1. The van der Waals surface area contributed by atoms with E-state index >= 15 is 0 Å². The molecule has 0 radical (unpaired) electrons. The van der Waals surface area contributed by atoms with Crippen molar-refractivity contribution < 1.29 is 14.5 Å². The van der Waals surface area contributed by atoms with Gasteiger partial charge in [0, 0.05) is 18.3 Å². The summed E-state index contributed by atoms with van der Waals surface area (Å²) >= 11 is 0. The molecule has 0 unspecified atom stereocenters. The highest BCUT2D eigenvalue weighted by atomic mass is 16.6. The molecule has 23 heavy (non-hydrogen) atoms. The van der Waals surface area contributed by atoms with E-state index in [4.69, 9.17) is 0 Å². The predicted molar refractivity (Wildman–Crippen MR) is 87.6 cm³/mol. The maximum atomic E-state index is 11.7. The van der Waals surface area contributed by atoms with Crippen LogP contribution in [0.2, 0.25) is 0 Å². The summed E-state index contributed by atoms with van der Waals surface area (Å²) in [5.74, 6) is -0.727. The average Bonchev–Trinajstić information content (AvgIpc) is 2.59. The quantitative estimate of drug-likeness (QED) is 0.501. The number of nitrogens with zero attached hydrogens (tertiary/aromatic N) is 1. The van der Waals surface area contributed by atoms with Crippen molar-refractivity contribution in [3.63, 3.8) is 0 Å². The number of anilines is 1. The highest BCUT2D eigenvalue weighted by Gasteiger charge is 2.21. The summed E-state index contributed by atoms with van der Waals surface area (Å²) in [6.45, 7) is 2.66. The Kier molecular flexibility index (Phi) is 5.30. The maximum Gasteiger partial charge on any atom is 0.344 e. The summed E-state index contributed by atoms with van der Waals surface area (Å²) in [5.41, 5.74) is 2.67. The molecule has 0 spiro atoms. The topological polar surface area (TPSA) is 81.5 Å². The second kappa shape index (κ2) is 7.40. The average molecular weight is 314 g/mol. The van der Waals surface area contributed by atoms with Gasteiger partial charge in [0.25, 0.3) is 5.69 Å². The fourth-order valence-corrected chi connectivity index (χ4v) is 2.35. The molecule has 2 rings (SSSR count). The minimum atomic E-state index is -0.727. The molecule has 0 aliphatic carbocycles. The molecule has 0 amide bonds. The van der Waals surface area contributed by atoms with Crippen LogP contribution in [-0.2, 0) is 17.7 Å². The molecular formula is C17H18N2O4. The van der Waals surface area contributed by atoms with Gasteiger partial charge in [-0.1, -0.05) is 31.2 Å². The van der Waals surface area contributed by atoms with Crippen molar-refractivity contribution in [2.45, 2.75) is 19.9 Å². The molecule has 0 heterocycles. The van der Waals surface area contributed by atoms with Crippen LogP contribution < -0.4 is 5.32 Å². The Labute approximate surface area is 134 Å². The Bertz CT molecular complexity index is 728. The number of nitro groups is 1. The number of hydrogen-bond acceptors (Lipinski definition) is 5. The zero-order valence-electron chi connectivity index (χ0n) is 13.0. The molecule has 0 saturated carbocycles. The number of nitrogens with one attached hydrogen (secondary N) is 1. The number of esters is 1. The van der Waals surface area contributed by atoms with Crippen LogP contribution in [-0.4, -0.2) is 18.0 Å². The number of aryl methyl sites for hydroxylation is 1. The Morgan fingerprint density at radius 3 is 2.52 bits per heavy atom. The molecule has 0 aromatic heterocycles. The van der Waals surface area contributed by atoms with E-state index < -0.39 is 10.9 Å². The second-order valence-corrected chi connectivity index (χ2v) is 4.96. The van der Waals surface area contributed by atoms with Gasteiger partial charge in [-0.15, -0.1) is 0 Å². The molecule has 6 heteroatoms. The predicted octanol–water partition coefficient (Wildman–Crippen LogP) is 3.56. The monoisotopic (exact) mass is 314 g/mol. The molecule has 0 aliphatic rings. The van der Waals surface area contributed by atoms with Gasteiger partial charge in [-0.05, 0) is 29.7 Å². The van der Waals surface area contributed by atoms with Crippen LogP contribution >= 0.6 is 0 Å². The molecule has 2 aromatic rings. The third-order valence-electron chi connectivity index (χ3n) is 3.58. The fraction of sp³-hybridized carbons (Fsp3) is 0.235. The van der Waals surface area contributed by atoms with Gasteiger partial charge in [-0.2, -0.15) is 0 Å². The van der Waals surface area contributed by atoms with E-state index in [9.17, 15) is 14.9 Å². The Morgan fingerprint density at radius 2 is 1.91 bits per heavy atom. The highest BCUT2D eigenvalue weighted by molar-refractivity contribution is 5.95. The number of carbonyl (C=O) groups is 1. The van der Waals surface area contributed by atoms with Crippen LogP contribution in [0.5, 0.6) is 0 Å². The van der Waals surface area contributed by atoms with Crippen LogP contribution in [0.3, 0.4) is 0 Å². The number of benzene rings is 2. The normalized spacial score (nSPS) is 10.2. The van der Waals surface area contributed by atoms with Crippen molar-refractivity contribution in [1.82, 2.24) is 0 Å². The lowest BCUT2D eigenvalue weighted by Crippen LogP contribution is -2.08. The summed E-state index contributed by atoms with van der Waals surface area (Å²) in [5, 5.41) is 14.2. The third kappa shape index (κ3) is 3.85. The zero-order valence-corrected chi connectivity index (χ0v) is 13.0. The van der Waals surface area contributed by atoms with Crippen molar-refractivity contribution >= 4 is 17.3 Å². The van der Waals surface area contributed by atoms with Gasteiger partial charge >= 0.3 is 5.97 Å². The van der Waals surface area contributed by atoms with Crippen molar-refractivity contribution in [2.75, 3.05) is 12.4 Å². The van der Waals surface area contributed by atoms with E-state index in [2.05, 4.69) is 23.0 Å². The number of hydrogen-bond donors (Lipinski definition) is 1. The summed E-state index contributed by atoms with van der Waals surface area (Å²) in [6.07, 6.45) is 0.922. The number of ether oxygens (including phenoxy) is 1. The van der Waals surface area contributed by atoms with Gasteiger partial charge in [0.2, 0.25) is 0 Å². The minimum Gasteiger partial charge on any atom is -0.465 e. The van der Waals surface area contributed by atoms with Crippen LogP contribution in [0, 0.1) is 10.1 Å². The third-order valence-corrected chi connectivity index (χ3v) is 3.58. The SMILES string of the molecule is CCc1ccccc1CNc1ccc([N+](=O)[O-])c(C(=O)OC)c1. The lowest BCUT2D eigenvalue weighted by Gasteiger charge is -2.11. The number of rotatable bonds is 6. The van der Waals surface area contributed by atoms with Crippen molar-refractivity contribution in [3.8, 4) is 0 Å². The van der Waals surface area contributed by atoms with Gasteiger partial charge in [0.1, 0.15) is 5.56 Å². The number of carbonyl (C=O) groups excluding carboxylic acids is 1. The molecule has 2 aromatic carbocycles. The molecule has 120 valence electrons. The van der Waals surface area contributed by atoms with Crippen molar-refractivity contribution in [2.24, 2.45) is 0 Å². The van der Waals surface area contributed by atoms with E-state index in [-0.39, 0.29) is 11.3 Å². The van der Waals surface area contributed by atoms with Crippen molar-refractivity contribution in [3.05, 3.63) is 69.3 Å². The Balaban J connectivity index is 2.24. The van der Waals surface area contributed by atoms with E-state index in [0.29, 0.717) is 12.2 Å². The van der Waals surface area contributed by atoms with Gasteiger partial charge in [-0.25, -0.2) is 4.79 Å². The van der Waals surface area contributed by atoms with E-state index in [0.717, 1.165) is 12.0 Å². The lowest BCUT2D eigenvalue weighted by atomic mass is 10.1. The van der Waals surface area contributed by atoms with Crippen LogP contribution in [0.1, 0.15) is 28.4 Å². The maximum absolute atomic E-state index is 11.7. The van der Waals surface area contributed by atoms with Gasteiger partial charge in [-0.3, -0.25) is 10.1 Å². The Hall–Kier alpha value is -2.89. The first-order valence-corrected chi connectivity index (χ1v) is 7.24. The summed E-state index contributed by atoms with van der Waals surface area (Å²) in [6, 6.07) is 12.4. The van der Waals surface area contributed by atoms with Gasteiger partial charge in [0.15, 0.2) is 0 Å². The van der Waals surface area contributed by atoms with E-state index in [1.807, 2.05) is 18.2 Å². The molecule has 0 fully saturated rings. The minimum absolute atomic E-state index is 0.0636. The smallest absolute Gasteiger partial charge is 0.344 e. The van der Waals surface area contributed by atoms with E-state index in [1.54, 1.807) is 6.07 Å². The highest BCUT2D eigenvalue weighted by Crippen LogP contribution is 2.24. The Morgan fingerprint density at radius 1 is 1.22 bits per heavy atom. The standard InChI is InChI=1S/C17H18N2O4/c1-3-12-6-4-5-7-13(12)11-18-14-8-9-16(19(21)22)15(10-14)17(20)23-2/h4-10,18H,3,11H2,1-2H3. The molecule has 0 saturated heterocycles. The molecule has 6 nitrogen and oxygen atoms in total. The van der Waals surface area contributed by atoms with Crippen LogP contribution in [0.15, 0.2) is 42.5 Å². The van der Waals surface area contributed by atoms with Crippen molar-refractivity contribution in [1.29, 1.82) is 0 Å². The largest absolute Gasteiger partial charge is 0.465 e. The number of nitro benzene ring substituents is 1. The van der Waals surface area contributed by atoms with Crippen LogP contribution in [0.4, 0.5) is 11.4 Å². The molecule has 1 N–H and O–H groups in total. The first-order chi connectivity index (χ1) is 11.1. The molecule has 0 bridgehead atoms. The van der Waals surface area contributed by atoms with Crippen LogP contribution in [0.25, 0.3) is 0 Å². The molecule has 0 aliphatic heterocycles. The molecule has 0 atom stereocenters. The van der Waals surface area contributed by atoms with E-state index in [1.165, 1.54) is 24.8 Å². The first kappa shape index (κ1) is 16.5. The van der Waals surface area contributed by atoms with Gasteiger partial charge < -0.3 is 10.1 Å². The number of methoxy groups -OCH3 is 1. The lowest BCUT2D eigenvalue weighted by molar-refractivity contribution is -0.385. The fourth-order valence-electron chi connectivity index (χ4n) is 2.35. The first-order valence-electron chi connectivity index (χ1n) is 7.24.